The van der Waals surface area contributed by atoms with Crippen molar-refractivity contribution in [1.29, 1.82) is 0 Å². The summed E-state index contributed by atoms with van der Waals surface area (Å²) in [5.74, 6) is -0.562. The smallest absolute Gasteiger partial charge is 0.240 e. The van der Waals surface area contributed by atoms with E-state index in [9.17, 15) is 18.0 Å². The van der Waals surface area contributed by atoms with Gasteiger partial charge < -0.3 is 5.11 Å². The van der Waals surface area contributed by atoms with Gasteiger partial charge in [-0.25, -0.2) is 13.1 Å². The lowest BCUT2D eigenvalue weighted by molar-refractivity contribution is -0.121. The lowest BCUT2D eigenvalue weighted by Crippen LogP contribution is -2.29. The molecule has 2 rings (SSSR count). The average Bonchev–Trinajstić information content (AvgIpc) is 2.78. The maximum atomic E-state index is 11.9. The maximum absolute atomic E-state index is 11.9. The lowest BCUT2D eigenvalue weighted by atomic mass is 10.3. The van der Waals surface area contributed by atoms with Crippen LogP contribution in [0.3, 0.4) is 0 Å². The summed E-state index contributed by atoms with van der Waals surface area (Å²) in [7, 11) is -3.65. The van der Waals surface area contributed by atoms with Gasteiger partial charge in [0.25, 0.3) is 0 Å². The van der Waals surface area contributed by atoms with Crippen LogP contribution in [0, 0.1) is 0 Å². The van der Waals surface area contributed by atoms with Crippen LogP contribution in [0.2, 0.25) is 0 Å². The highest BCUT2D eigenvalue weighted by Gasteiger charge is 2.30. The van der Waals surface area contributed by atoms with E-state index in [-0.39, 0.29) is 42.7 Å². The number of benzene rings is 1. The quantitative estimate of drug-likeness (QED) is 0.568. The van der Waals surface area contributed by atoms with Gasteiger partial charge in [0.1, 0.15) is 0 Å². The van der Waals surface area contributed by atoms with Gasteiger partial charge in [0.05, 0.1) is 10.6 Å². The zero-order valence-electron chi connectivity index (χ0n) is 11.3. The van der Waals surface area contributed by atoms with Crippen LogP contribution in [0.25, 0.3) is 0 Å². The molecule has 0 radical (unpaired) electrons. The molecule has 2 amide bonds. The Kier molecular flexibility index (Phi) is 4.71. The Labute approximate surface area is 122 Å². The van der Waals surface area contributed by atoms with Crippen molar-refractivity contribution in [3.63, 3.8) is 0 Å². The topological polar surface area (TPSA) is 104 Å². The molecule has 8 heteroatoms. The molecular formula is C13H16N2O5S. The SMILES string of the molecule is O=C1CCC(=O)N1c1ccc(S(=O)(=O)NCCCO)cc1. The fraction of sp³-hybridized carbons (Fsp3) is 0.385. The molecular weight excluding hydrogens is 296 g/mol. The summed E-state index contributed by atoms with van der Waals surface area (Å²) in [6.45, 7) is 0.0460. The Morgan fingerprint density at radius 3 is 2.19 bits per heavy atom. The van der Waals surface area contributed by atoms with Crippen molar-refractivity contribution >= 4 is 27.5 Å². The predicted octanol–water partition coefficient (Wildman–Crippen LogP) is 0.000700. The summed E-state index contributed by atoms with van der Waals surface area (Å²) in [5, 5.41) is 8.64. The number of nitrogens with zero attached hydrogens (tertiary/aromatic N) is 1. The largest absolute Gasteiger partial charge is 0.396 e. The van der Waals surface area contributed by atoms with E-state index in [0.29, 0.717) is 12.1 Å². The molecule has 0 saturated carbocycles. The third kappa shape index (κ3) is 3.46. The van der Waals surface area contributed by atoms with Gasteiger partial charge in [-0.05, 0) is 30.7 Å². The molecule has 7 nitrogen and oxygen atoms in total. The van der Waals surface area contributed by atoms with Crippen LogP contribution in [-0.4, -0.2) is 38.5 Å². The minimum Gasteiger partial charge on any atom is -0.396 e. The summed E-state index contributed by atoms with van der Waals surface area (Å²) < 4.78 is 26.2. The molecule has 2 N–H and O–H groups in total. The van der Waals surface area contributed by atoms with E-state index in [1.807, 2.05) is 0 Å². The van der Waals surface area contributed by atoms with Gasteiger partial charge in [0.2, 0.25) is 21.8 Å². The lowest BCUT2D eigenvalue weighted by Gasteiger charge is -2.14. The van der Waals surface area contributed by atoms with Crippen molar-refractivity contribution in [2.24, 2.45) is 0 Å². The minimum atomic E-state index is -3.65. The molecule has 1 heterocycles. The van der Waals surface area contributed by atoms with Crippen LogP contribution >= 0.6 is 0 Å². The van der Waals surface area contributed by atoms with Crippen molar-refractivity contribution < 1.29 is 23.1 Å². The van der Waals surface area contributed by atoms with Gasteiger partial charge >= 0.3 is 0 Å². The standard InChI is InChI=1S/C13H16N2O5S/c16-9-1-8-14-21(19,20)11-4-2-10(3-5-11)15-12(17)6-7-13(15)18/h2-5,14,16H,1,6-9H2. The van der Waals surface area contributed by atoms with Gasteiger partial charge in [0, 0.05) is 26.0 Å². The molecule has 0 atom stereocenters. The second-order valence-corrected chi connectivity index (χ2v) is 6.36. The zero-order valence-corrected chi connectivity index (χ0v) is 12.1. The van der Waals surface area contributed by atoms with Gasteiger partial charge in [-0.3, -0.25) is 14.5 Å². The minimum absolute atomic E-state index is 0.0447. The summed E-state index contributed by atoms with van der Waals surface area (Å²) in [6.07, 6.45) is 0.692. The number of sulfonamides is 1. The first-order chi connectivity index (χ1) is 9.95. The van der Waals surface area contributed by atoms with Gasteiger partial charge in [-0.15, -0.1) is 0 Å². The number of nitrogens with one attached hydrogen (secondary N) is 1. The molecule has 1 saturated heterocycles. The van der Waals surface area contributed by atoms with Crippen LogP contribution in [-0.2, 0) is 19.6 Å². The molecule has 114 valence electrons. The Morgan fingerprint density at radius 2 is 1.67 bits per heavy atom. The van der Waals surface area contributed by atoms with Crippen LogP contribution in [0.1, 0.15) is 19.3 Å². The molecule has 0 unspecified atom stereocenters. The maximum Gasteiger partial charge on any atom is 0.240 e. The second kappa shape index (κ2) is 6.33. The van der Waals surface area contributed by atoms with Crippen LogP contribution in [0.4, 0.5) is 5.69 Å². The number of carbonyl (C=O) groups is 2. The first-order valence-corrected chi connectivity index (χ1v) is 8.00. The van der Waals surface area contributed by atoms with Crippen molar-refractivity contribution in [2.75, 3.05) is 18.1 Å². The van der Waals surface area contributed by atoms with Crippen LogP contribution in [0.15, 0.2) is 29.2 Å². The first-order valence-electron chi connectivity index (χ1n) is 6.52. The number of hydrogen-bond acceptors (Lipinski definition) is 5. The van der Waals surface area contributed by atoms with E-state index < -0.39 is 10.0 Å². The average molecular weight is 312 g/mol. The summed E-state index contributed by atoms with van der Waals surface area (Å²) in [4.78, 5) is 24.3. The van der Waals surface area contributed by atoms with E-state index in [0.717, 1.165) is 4.90 Å². The number of carbonyl (C=O) groups excluding carboxylic acids is 2. The van der Waals surface area contributed by atoms with Crippen LogP contribution in [0.5, 0.6) is 0 Å². The van der Waals surface area contributed by atoms with Crippen molar-refractivity contribution in [3.8, 4) is 0 Å². The van der Waals surface area contributed by atoms with E-state index in [2.05, 4.69) is 4.72 Å². The molecule has 0 spiro atoms. The molecule has 0 aliphatic carbocycles. The fourth-order valence-electron chi connectivity index (χ4n) is 2.01. The molecule has 0 bridgehead atoms. The summed E-state index contributed by atoms with van der Waals surface area (Å²) in [6, 6.07) is 5.55. The van der Waals surface area contributed by atoms with E-state index in [1.165, 1.54) is 24.3 Å². The third-order valence-corrected chi connectivity index (χ3v) is 4.56. The van der Waals surface area contributed by atoms with E-state index in [1.54, 1.807) is 0 Å². The third-order valence-electron chi connectivity index (χ3n) is 3.08. The Balaban J connectivity index is 2.15. The van der Waals surface area contributed by atoms with Gasteiger partial charge in [-0.2, -0.15) is 0 Å². The summed E-state index contributed by atoms with van der Waals surface area (Å²) >= 11 is 0. The highest BCUT2D eigenvalue weighted by atomic mass is 32.2. The number of anilines is 1. The normalized spacial score (nSPS) is 15.8. The number of imide groups is 1. The Bertz CT molecular complexity index is 623. The Hall–Kier alpha value is -1.77. The monoisotopic (exact) mass is 312 g/mol. The molecule has 1 aliphatic heterocycles. The molecule has 1 aromatic carbocycles. The van der Waals surface area contributed by atoms with Crippen molar-refractivity contribution in [1.82, 2.24) is 4.72 Å². The van der Waals surface area contributed by atoms with E-state index in [4.69, 9.17) is 5.11 Å². The van der Waals surface area contributed by atoms with Gasteiger partial charge in [-0.1, -0.05) is 0 Å². The number of aliphatic hydroxyl groups is 1. The van der Waals surface area contributed by atoms with E-state index >= 15 is 0 Å². The predicted molar refractivity (Wildman–Crippen MR) is 75.1 cm³/mol. The second-order valence-electron chi connectivity index (χ2n) is 4.59. The number of amides is 2. The first kappa shape index (κ1) is 15.6. The highest BCUT2D eigenvalue weighted by molar-refractivity contribution is 7.89. The Morgan fingerprint density at radius 1 is 1.10 bits per heavy atom. The van der Waals surface area contributed by atoms with Crippen LogP contribution < -0.4 is 9.62 Å². The number of rotatable bonds is 6. The molecule has 1 aromatic rings. The molecule has 1 aliphatic rings. The fourth-order valence-corrected chi connectivity index (χ4v) is 3.08. The number of hydrogen-bond donors (Lipinski definition) is 2. The van der Waals surface area contributed by atoms with Crippen molar-refractivity contribution in [3.05, 3.63) is 24.3 Å². The molecule has 1 fully saturated rings. The molecule has 21 heavy (non-hydrogen) atoms. The van der Waals surface area contributed by atoms with Crippen molar-refractivity contribution in [2.45, 2.75) is 24.2 Å². The highest BCUT2D eigenvalue weighted by Crippen LogP contribution is 2.23. The van der Waals surface area contributed by atoms with Gasteiger partial charge in [0.15, 0.2) is 0 Å². The molecule has 0 aromatic heterocycles. The zero-order chi connectivity index (χ0) is 15.5. The summed E-state index contributed by atoms with van der Waals surface area (Å²) in [5.41, 5.74) is 0.372. The number of aliphatic hydroxyl groups excluding tert-OH is 1.